The van der Waals surface area contributed by atoms with E-state index in [9.17, 15) is 0 Å². The monoisotopic (exact) mass is 269 g/mol. The Hall–Kier alpha value is -0.830. The number of rotatable bonds is 3. The molecule has 0 atom stereocenters. The first-order chi connectivity index (χ1) is 8.00. The van der Waals surface area contributed by atoms with Crippen LogP contribution < -0.4 is 5.32 Å². The van der Waals surface area contributed by atoms with Gasteiger partial charge in [-0.2, -0.15) is 0 Å². The van der Waals surface area contributed by atoms with Crippen molar-refractivity contribution in [2.45, 2.75) is 60.4 Å². The minimum atomic E-state index is -0.0662. The number of halogens is 1. The summed E-state index contributed by atoms with van der Waals surface area (Å²) in [7, 11) is 0. The smallest absolute Gasteiger partial charge is 0.224 e. The maximum Gasteiger partial charge on any atom is 0.224 e. The molecule has 4 heteroatoms. The third-order valence-electron chi connectivity index (χ3n) is 2.75. The van der Waals surface area contributed by atoms with Crippen LogP contribution in [-0.4, -0.2) is 15.5 Å². The van der Waals surface area contributed by atoms with Crippen molar-refractivity contribution in [3.05, 3.63) is 16.4 Å². The second-order valence-corrected chi connectivity index (χ2v) is 7.15. The van der Waals surface area contributed by atoms with Crippen LogP contribution in [0.2, 0.25) is 5.15 Å². The number of nitrogens with zero attached hydrogens (tertiary/aromatic N) is 2. The van der Waals surface area contributed by atoms with E-state index in [1.165, 1.54) is 0 Å². The fourth-order valence-electron chi connectivity index (χ4n) is 2.32. The molecular formula is C14H24ClN3. The fraction of sp³-hybridized carbons (Fsp3) is 0.714. The SMILES string of the molecule is Cc1nc(NC(C)(C)CC(C)(C)C)nc(Cl)c1C. The molecule has 0 amide bonds. The highest BCUT2D eigenvalue weighted by Gasteiger charge is 2.26. The van der Waals surface area contributed by atoms with E-state index in [4.69, 9.17) is 11.6 Å². The van der Waals surface area contributed by atoms with Gasteiger partial charge in [0.15, 0.2) is 0 Å². The Labute approximate surface area is 115 Å². The highest BCUT2D eigenvalue weighted by molar-refractivity contribution is 6.30. The molecule has 0 unspecified atom stereocenters. The molecule has 0 spiro atoms. The molecule has 0 aliphatic heterocycles. The minimum absolute atomic E-state index is 0.0662. The molecule has 3 nitrogen and oxygen atoms in total. The van der Waals surface area contributed by atoms with Crippen LogP contribution in [0.25, 0.3) is 0 Å². The summed E-state index contributed by atoms with van der Waals surface area (Å²) in [5.41, 5.74) is 2.04. The quantitative estimate of drug-likeness (QED) is 0.828. The van der Waals surface area contributed by atoms with Gasteiger partial charge in [-0.25, -0.2) is 9.97 Å². The van der Waals surface area contributed by atoms with E-state index in [1.807, 2.05) is 13.8 Å². The zero-order valence-corrected chi connectivity index (χ0v) is 13.2. The van der Waals surface area contributed by atoms with E-state index < -0.39 is 0 Å². The number of aryl methyl sites for hydroxylation is 1. The Morgan fingerprint density at radius 2 is 1.61 bits per heavy atom. The van der Waals surface area contributed by atoms with Gasteiger partial charge in [-0.1, -0.05) is 32.4 Å². The highest BCUT2D eigenvalue weighted by Crippen LogP contribution is 2.29. The average Bonchev–Trinajstić information content (AvgIpc) is 2.08. The largest absolute Gasteiger partial charge is 0.349 e. The van der Waals surface area contributed by atoms with Crippen LogP contribution >= 0.6 is 11.6 Å². The first kappa shape index (κ1) is 15.2. The highest BCUT2D eigenvalue weighted by atomic mass is 35.5. The van der Waals surface area contributed by atoms with Gasteiger partial charge < -0.3 is 5.32 Å². The molecule has 0 aliphatic carbocycles. The molecule has 1 N–H and O–H groups in total. The number of aromatic nitrogens is 2. The molecule has 0 aromatic carbocycles. The van der Waals surface area contributed by atoms with Crippen molar-refractivity contribution in [3.8, 4) is 0 Å². The lowest BCUT2D eigenvalue weighted by Crippen LogP contribution is -2.36. The fourth-order valence-corrected chi connectivity index (χ4v) is 2.54. The molecule has 0 bridgehead atoms. The first-order valence-electron chi connectivity index (χ1n) is 6.29. The van der Waals surface area contributed by atoms with Crippen LogP contribution in [0.4, 0.5) is 5.95 Å². The summed E-state index contributed by atoms with van der Waals surface area (Å²) in [6, 6.07) is 0. The van der Waals surface area contributed by atoms with Crippen LogP contribution in [0.3, 0.4) is 0 Å². The molecule has 102 valence electrons. The van der Waals surface area contributed by atoms with Gasteiger partial charge in [-0.05, 0) is 39.5 Å². The van der Waals surface area contributed by atoms with E-state index in [0.717, 1.165) is 17.7 Å². The predicted octanol–water partition coefficient (Wildman–Crippen LogP) is 4.37. The molecule has 18 heavy (non-hydrogen) atoms. The Bertz CT molecular complexity index is 410. The van der Waals surface area contributed by atoms with Crippen molar-refractivity contribution in [2.75, 3.05) is 5.32 Å². The van der Waals surface area contributed by atoms with Gasteiger partial charge in [0.2, 0.25) is 5.95 Å². The second-order valence-electron chi connectivity index (χ2n) is 6.79. The Morgan fingerprint density at radius 1 is 1.06 bits per heavy atom. The first-order valence-corrected chi connectivity index (χ1v) is 6.67. The van der Waals surface area contributed by atoms with E-state index in [1.54, 1.807) is 0 Å². The summed E-state index contributed by atoms with van der Waals surface area (Å²) < 4.78 is 0. The van der Waals surface area contributed by atoms with Crippen molar-refractivity contribution < 1.29 is 0 Å². The third kappa shape index (κ3) is 4.45. The van der Waals surface area contributed by atoms with Gasteiger partial charge in [0.1, 0.15) is 5.15 Å². The lowest BCUT2D eigenvalue weighted by Gasteiger charge is -2.33. The van der Waals surface area contributed by atoms with Gasteiger partial charge in [-0.3, -0.25) is 0 Å². The van der Waals surface area contributed by atoms with E-state index in [2.05, 4.69) is 49.9 Å². The summed E-state index contributed by atoms with van der Waals surface area (Å²) >= 11 is 6.09. The molecule has 0 radical (unpaired) electrons. The number of hydrogen-bond acceptors (Lipinski definition) is 3. The number of hydrogen-bond donors (Lipinski definition) is 1. The molecule has 1 heterocycles. The molecule has 0 aliphatic rings. The lowest BCUT2D eigenvalue weighted by atomic mass is 9.82. The molecule has 1 aromatic rings. The van der Waals surface area contributed by atoms with Gasteiger partial charge in [0.25, 0.3) is 0 Å². The molecular weight excluding hydrogens is 246 g/mol. The summed E-state index contributed by atoms with van der Waals surface area (Å²) in [5, 5.41) is 3.90. The van der Waals surface area contributed by atoms with Crippen molar-refractivity contribution in [1.82, 2.24) is 9.97 Å². The number of anilines is 1. The van der Waals surface area contributed by atoms with E-state index in [0.29, 0.717) is 11.1 Å². The van der Waals surface area contributed by atoms with Crippen molar-refractivity contribution >= 4 is 17.5 Å². The van der Waals surface area contributed by atoms with Crippen LogP contribution in [0.15, 0.2) is 0 Å². The zero-order valence-electron chi connectivity index (χ0n) is 12.5. The van der Waals surface area contributed by atoms with Crippen LogP contribution in [0, 0.1) is 19.3 Å². The second kappa shape index (κ2) is 5.04. The normalized spacial score (nSPS) is 12.7. The van der Waals surface area contributed by atoms with Gasteiger partial charge in [0.05, 0.1) is 0 Å². The zero-order chi connectivity index (χ0) is 14.1. The Balaban J connectivity index is 2.91. The maximum atomic E-state index is 6.09. The van der Waals surface area contributed by atoms with Gasteiger partial charge in [-0.15, -0.1) is 0 Å². The molecule has 1 aromatic heterocycles. The standard InChI is InChI=1S/C14H24ClN3/c1-9-10(2)16-12(17-11(9)15)18-14(6,7)8-13(3,4)5/h8H2,1-7H3,(H,16,17,18). The van der Waals surface area contributed by atoms with Crippen LogP contribution in [0.1, 0.15) is 52.3 Å². The topological polar surface area (TPSA) is 37.8 Å². The predicted molar refractivity (Wildman–Crippen MR) is 78.3 cm³/mol. The summed E-state index contributed by atoms with van der Waals surface area (Å²) in [4.78, 5) is 8.73. The van der Waals surface area contributed by atoms with Gasteiger partial charge in [0, 0.05) is 16.8 Å². The molecule has 0 saturated heterocycles. The summed E-state index contributed by atoms with van der Waals surface area (Å²) in [5.74, 6) is 0.609. The minimum Gasteiger partial charge on any atom is -0.349 e. The molecule has 0 saturated carbocycles. The van der Waals surface area contributed by atoms with Crippen molar-refractivity contribution in [1.29, 1.82) is 0 Å². The van der Waals surface area contributed by atoms with E-state index in [-0.39, 0.29) is 11.0 Å². The molecule has 0 fully saturated rings. The maximum absolute atomic E-state index is 6.09. The summed E-state index contributed by atoms with van der Waals surface area (Å²) in [6.07, 6.45) is 1.02. The Kier molecular flexibility index (Phi) is 4.26. The van der Waals surface area contributed by atoms with Crippen LogP contribution in [0.5, 0.6) is 0 Å². The van der Waals surface area contributed by atoms with Crippen molar-refractivity contribution in [3.63, 3.8) is 0 Å². The Morgan fingerprint density at radius 3 is 2.06 bits per heavy atom. The van der Waals surface area contributed by atoms with E-state index >= 15 is 0 Å². The van der Waals surface area contributed by atoms with Crippen molar-refractivity contribution in [2.24, 2.45) is 5.41 Å². The summed E-state index contributed by atoms with van der Waals surface area (Å²) in [6.45, 7) is 14.9. The van der Waals surface area contributed by atoms with Gasteiger partial charge >= 0.3 is 0 Å². The third-order valence-corrected chi connectivity index (χ3v) is 3.12. The van der Waals surface area contributed by atoms with Crippen LogP contribution in [-0.2, 0) is 0 Å². The molecule has 1 rings (SSSR count). The average molecular weight is 270 g/mol. The number of nitrogens with one attached hydrogen (secondary N) is 1. The lowest BCUT2D eigenvalue weighted by molar-refractivity contribution is 0.301.